The van der Waals surface area contributed by atoms with E-state index in [1.165, 1.54) is 11.3 Å². The third-order valence-electron chi connectivity index (χ3n) is 2.87. The second kappa shape index (κ2) is 3.97. The number of hydrogen-bond donors (Lipinski definition) is 1. The van der Waals surface area contributed by atoms with Crippen molar-refractivity contribution in [2.45, 2.75) is 26.0 Å². The van der Waals surface area contributed by atoms with Crippen LogP contribution in [0, 0.1) is 5.92 Å². The summed E-state index contributed by atoms with van der Waals surface area (Å²) >= 11 is 7.08. The van der Waals surface area contributed by atoms with E-state index in [0.29, 0.717) is 23.5 Å². The van der Waals surface area contributed by atoms with E-state index in [-0.39, 0.29) is 0 Å². The molecule has 0 unspecified atom stereocenters. The Morgan fingerprint density at radius 3 is 2.67 bits per heavy atom. The molecule has 0 aliphatic carbocycles. The fraction of sp³-hybridized carbons (Fsp3) is 0.778. The molecule has 0 saturated carbocycles. The number of hydrogen-bond acceptors (Lipinski definition) is 5. The van der Waals surface area contributed by atoms with Crippen LogP contribution < -0.4 is 0 Å². The van der Waals surface area contributed by atoms with Gasteiger partial charge >= 0.3 is 0 Å². The van der Waals surface area contributed by atoms with Crippen LogP contribution in [0.15, 0.2) is 0 Å². The third-order valence-corrected chi connectivity index (χ3v) is 3.87. The molecule has 4 nitrogen and oxygen atoms in total. The van der Waals surface area contributed by atoms with E-state index < -0.39 is 5.60 Å². The SMILES string of the molecule is CC(C)C1(O)CN(Cc2nnc(Cl)s2)C1. The van der Waals surface area contributed by atoms with Crippen molar-refractivity contribution in [1.29, 1.82) is 0 Å². The van der Waals surface area contributed by atoms with Crippen LogP contribution in [0.1, 0.15) is 18.9 Å². The average molecular weight is 248 g/mol. The van der Waals surface area contributed by atoms with Gasteiger partial charge in [0.25, 0.3) is 0 Å². The van der Waals surface area contributed by atoms with E-state index in [2.05, 4.69) is 15.1 Å². The van der Waals surface area contributed by atoms with Gasteiger partial charge in [-0.3, -0.25) is 4.90 Å². The molecular weight excluding hydrogens is 234 g/mol. The predicted molar refractivity (Wildman–Crippen MR) is 60.0 cm³/mol. The first-order valence-electron chi connectivity index (χ1n) is 4.92. The Kier molecular flexibility index (Phi) is 2.98. The zero-order valence-electron chi connectivity index (χ0n) is 8.77. The second-order valence-corrected chi connectivity index (χ2v) is 6.00. The summed E-state index contributed by atoms with van der Waals surface area (Å²) in [5.41, 5.74) is -0.519. The van der Waals surface area contributed by atoms with Crippen molar-refractivity contribution in [2.24, 2.45) is 5.92 Å². The van der Waals surface area contributed by atoms with Gasteiger partial charge in [-0.15, -0.1) is 10.2 Å². The Hall–Kier alpha value is -0.230. The van der Waals surface area contributed by atoms with Gasteiger partial charge in [0, 0.05) is 13.1 Å². The molecule has 1 saturated heterocycles. The lowest BCUT2D eigenvalue weighted by molar-refractivity contribution is -0.130. The molecule has 1 N–H and O–H groups in total. The monoisotopic (exact) mass is 247 g/mol. The molecule has 0 spiro atoms. The fourth-order valence-electron chi connectivity index (χ4n) is 1.69. The van der Waals surface area contributed by atoms with Crippen molar-refractivity contribution in [2.75, 3.05) is 13.1 Å². The van der Waals surface area contributed by atoms with Gasteiger partial charge in [-0.05, 0) is 17.5 Å². The summed E-state index contributed by atoms with van der Waals surface area (Å²) in [5, 5.41) is 18.6. The van der Waals surface area contributed by atoms with Crippen molar-refractivity contribution in [1.82, 2.24) is 15.1 Å². The first-order chi connectivity index (χ1) is 6.99. The summed E-state index contributed by atoms with van der Waals surface area (Å²) in [7, 11) is 0. The minimum absolute atomic E-state index is 0.298. The van der Waals surface area contributed by atoms with Crippen molar-refractivity contribution in [3.05, 3.63) is 9.47 Å². The highest BCUT2D eigenvalue weighted by atomic mass is 35.5. The molecule has 0 bridgehead atoms. The Balaban J connectivity index is 1.86. The maximum atomic E-state index is 10.0. The highest BCUT2D eigenvalue weighted by molar-refractivity contribution is 7.15. The zero-order valence-corrected chi connectivity index (χ0v) is 10.3. The lowest BCUT2D eigenvalue weighted by Gasteiger charge is -2.48. The Labute approximate surface area is 97.9 Å². The van der Waals surface area contributed by atoms with Crippen molar-refractivity contribution < 1.29 is 5.11 Å². The van der Waals surface area contributed by atoms with Crippen LogP contribution >= 0.6 is 22.9 Å². The highest BCUT2D eigenvalue weighted by Crippen LogP contribution is 2.30. The van der Waals surface area contributed by atoms with E-state index in [4.69, 9.17) is 11.6 Å². The first kappa shape index (κ1) is 11.3. The highest BCUT2D eigenvalue weighted by Gasteiger charge is 2.43. The van der Waals surface area contributed by atoms with Crippen LogP contribution in [0.2, 0.25) is 4.47 Å². The largest absolute Gasteiger partial charge is 0.387 e. The molecule has 1 fully saturated rings. The predicted octanol–water partition coefficient (Wildman–Crippen LogP) is 1.39. The van der Waals surface area contributed by atoms with Crippen LogP contribution in [0.4, 0.5) is 0 Å². The molecule has 0 radical (unpaired) electrons. The summed E-state index contributed by atoms with van der Waals surface area (Å²) in [6.45, 7) is 6.24. The number of aliphatic hydroxyl groups is 1. The molecule has 0 aromatic carbocycles. The lowest BCUT2D eigenvalue weighted by Crippen LogP contribution is -2.63. The smallest absolute Gasteiger partial charge is 0.207 e. The maximum absolute atomic E-state index is 10.0. The quantitative estimate of drug-likeness (QED) is 0.877. The van der Waals surface area contributed by atoms with Crippen LogP contribution in [0.5, 0.6) is 0 Å². The van der Waals surface area contributed by atoms with Gasteiger partial charge in [0.15, 0.2) is 0 Å². The molecule has 1 aliphatic heterocycles. The topological polar surface area (TPSA) is 49.2 Å². The van der Waals surface area contributed by atoms with Crippen LogP contribution in [0.3, 0.4) is 0 Å². The number of nitrogens with zero attached hydrogens (tertiary/aromatic N) is 3. The minimum atomic E-state index is -0.519. The van der Waals surface area contributed by atoms with Gasteiger partial charge in [-0.2, -0.15) is 0 Å². The van der Waals surface area contributed by atoms with Gasteiger partial charge in [-0.25, -0.2) is 0 Å². The number of likely N-dealkylation sites (tertiary alicyclic amines) is 1. The standard InChI is InChI=1S/C9H14ClN3OS/c1-6(2)9(14)4-13(5-9)3-7-11-12-8(10)15-7/h6,14H,3-5H2,1-2H3. The van der Waals surface area contributed by atoms with E-state index in [1.54, 1.807) is 0 Å². The number of aromatic nitrogens is 2. The minimum Gasteiger partial charge on any atom is -0.387 e. The molecule has 1 aliphatic rings. The van der Waals surface area contributed by atoms with Crippen molar-refractivity contribution >= 4 is 22.9 Å². The molecule has 0 atom stereocenters. The summed E-state index contributed by atoms with van der Waals surface area (Å²) < 4.78 is 0.477. The van der Waals surface area contributed by atoms with Crippen LogP contribution in [0.25, 0.3) is 0 Å². The normalized spacial score (nSPS) is 20.6. The molecule has 15 heavy (non-hydrogen) atoms. The Morgan fingerprint density at radius 1 is 1.53 bits per heavy atom. The van der Waals surface area contributed by atoms with Gasteiger partial charge in [0.2, 0.25) is 4.47 Å². The maximum Gasteiger partial charge on any atom is 0.207 e. The van der Waals surface area contributed by atoms with E-state index >= 15 is 0 Å². The Morgan fingerprint density at radius 2 is 2.20 bits per heavy atom. The molecule has 6 heteroatoms. The molecule has 2 heterocycles. The van der Waals surface area contributed by atoms with Crippen LogP contribution in [-0.4, -0.2) is 38.9 Å². The van der Waals surface area contributed by atoms with E-state index in [0.717, 1.165) is 11.6 Å². The number of β-amino-alcohol motifs (C(OH)–C–C–N with tert-alkyl or cyclic N) is 1. The van der Waals surface area contributed by atoms with Crippen LogP contribution in [-0.2, 0) is 6.54 Å². The third kappa shape index (κ3) is 2.30. The van der Waals surface area contributed by atoms with Gasteiger partial charge in [-0.1, -0.05) is 25.2 Å². The van der Waals surface area contributed by atoms with Gasteiger partial charge in [0.1, 0.15) is 5.01 Å². The summed E-state index contributed by atoms with van der Waals surface area (Å²) in [6, 6.07) is 0. The van der Waals surface area contributed by atoms with Crippen molar-refractivity contribution in [3.8, 4) is 0 Å². The summed E-state index contributed by atoms with van der Waals surface area (Å²) in [4.78, 5) is 2.15. The molecule has 1 aromatic heterocycles. The molecular formula is C9H14ClN3OS. The second-order valence-electron chi connectivity index (χ2n) is 4.35. The molecule has 0 amide bonds. The molecule has 1 aromatic rings. The average Bonchev–Trinajstić information content (AvgIpc) is 2.48. The Bertz CT molecular complexity index is 349. The van der Waals surface area contributed by atoms with E-state index in [1.807, 2.05) is 13.8 Å². The molecule has 2 rings (SSSR count). The lowest BCUT2D eigenvalue weighted by atomic mass is 9.83. The molecule has 84 valence electrons. The van der Waals surface area contributed by atoms with Crippen molar-refractivity contribution in [3.63, 3.8) is 0 Å². The first-order valence-corrected chi connectivity index (χ1v) is 6.12. The zero-order chi connectivity index (χ0) is 11.1. The summed E-state index contributed by atoms with van der Waals surface area (Å²) in [5.74, 6) is 0.298. The van der Waals surface area contributed by atoms with E-state index in [9.17, 15) is 5.11 Å². The number of halogens is 1. The van der Waals surface area contributed by atoms with Gasteiger partial charge in [0.05, 0.1) is 12.1 Å². The summed E-state index contributed by atoms with van der Waals surface area (Å²) in [6.07, 6.45) is 0. The van der Waals surface area contributed by atoms with Gasteiger partial charge < -0.3 is 5.11 Å². The number of rotatable bonds is 3. The fourth-order valence-corrected chi connectivity index (χ4v) is 2.60.